The fraction of sp³-hybridized carbons (Fsp3) is 0.350. The van der Waals surface area contributed by atoms with Gasteiger partial charge in [0.05, 0.1) is 4.90 Å². The summed E-state index contributed by atoms with van der Waals surface area (Å²) in [7, 11) is -3.59. The first-order valence-electron chi connectivity index (χ1n) is 9.15. The molecule has 1 fully saturated rings. The average Bonchev–Trinajstić information content (AvgIpc) is 3.49. The third-order valence-corrected chi connectivity index (χ3v) is 6.01. The van der Waals surface area contributed by atoms with Crippen LogP contribution >= 0.6 is 0 Å². The maximum absolute atomic E-state index is 12.9. The van der Waals surface area contributed by atoms with E-state index in [0.29, 0.717) is 31.6 Å². The molecule has 1 aliphatic carbocycles. The second kappa shape index (κ2) is 8.65. The Bertz CT molecular complexity index is 880. The van der Waals surface area contributed by atoms with Crippen molar-refractivity contribution < 1.29 is 13.2 Å². The van der Waals surface area contributed by atoms with Gasteiger partial charge >= 0.3 is 0 Å². The van der Waals surface area contributed by atoms with Crippen LogP contribution in [0.25, 0.3) is 0 Å². The van der Waals surface area contributed by atoms with Crippen molar-refractivity contribution >= 4 is 15.9 Å². The third kappa shape index (κ3) is 5.38. The molecule has 0 unspecified atom stereocenters. The van der Waals surface area contributed by atoms with Gasteiger partial charge in [-0.2, -0.15) is 0 Å². The number of hydrogen-bond acceptors (Lipinski definition) is 4. The smallest absolute Gasteiger partial charge is 0.253 e. The molecule has 0 radical (unpaired) electrons. The molecular weight excluding hydrogens is 362 g/mol. The van der Waals surface area contributed by atoms with Gasteiger partial charge in [0.2, 0.25) is 10.0 Å². The Morgan fingerprint density at radius 3 is 2.48 bits per heavy atom. The third-order valence-electron chi connectivity index (χ3n) is 4.49. The van der Waals surface area contributed by atoms with Gasteiger partial charge in [0.25, 0.3) is 5.91 Å². The van der Waals surface area contributed by atoms with Crippen molar-refractivity contribution in [1.82, 2.24) is 9.62 Å². The number of carbonyl (C=O) groups is 1. The summed E-state index contributed by atoms with van der Waals surface area (Å²) >= 11 is 0. The van der Waals surface area contributed by atoms with E-state index in [9.17, 15) is 13.2 Å². The molecule has 2 aromatic rings. The fourth-order valence-electron chi connectivity index (χ4n) is 2.85. The molecule has 0 saturated heterocycles. The molecule has 0 aliphatic heterocycles. The van der Waals surface area contributed by atoms with Crippen LogP contribution in [0.1, 0.15) is 28.8 Å². The molecule has 0 aromatic heterocycles. The summed E-state index contributed by atoms with van der Waals surface area (Å²) in [6, 6.07) is 16.1. The first kappa shape index (κ1) is 19.5. The highest BCUT2D eigenvalue weighted by Gasteiger charge is 2.28. The molecule has 0 heterocycles. The zero-order valence-electron chi connectivity index (χ0n) is 15.2. The van der Waals surface area contributed by atoms with E-state index in [2.05, 4.69) is 4.72 Å². The van der Waals surface area contributed by atoms with E-state index in [-0.39, 0.29) is 16.8 Å². The summed E-state index contributed by atoms with van der Waals surface area (Å²) in [6.07, 6.45) is 2.44. The number of carbonyl (C=O) groups excluding carboxylic acids is 1. The van der Waals surface area contributed by atoms with Gasteiger partial charge in [-0.1, -0.05) is 36.4 Å². The number of amides is 1. The molecule has 0 atom stereocenters. The maximum Gasteiger partial charge on any atom is 0.253 e. The lowest BCUT2D eigenvalue weighted by molar-refractivity contribution is 0.0762. The highest BCUT2D eigenvalue weighted by atomic mass is 32.2. The Hall–Kier alpha value is -2.22. The SMILES string of the molecule is NCCN(CCc1ccccc1)C(=O)c1cccc(S(=O)(=O)NC2CC2)c1. The number of nitrogens with two attached hydrogens (primary N) is 1. The minimum Gasteiger partial charge on any atom is -0.337 e. The minimum absolute atomic E-state index is 0.0222. The van der Waals surface area contributed by atoms with Crippen molar-refractivity contribution in [2.24, 2.45) is 5.73 Å². The number of nitrogens with zero attached hydrogens (tertiary/aromatic N) is 1. The summed E-state index contributed by atoms with van der Waals surface area (Å²) in [4.78, 5) is 14.7. The normalized spacial score (nSPS) is 14.1. The topological polar surface area (TPSA) is 92.5 Å². The van der Waals surface area contributed by atoms with Crippen LogP contribution in [0.3, 0.4) is 0 Å². The Labute approximate surface area is 160 Å². The fourth-order valence-corrected chi connectivity index (χ4v) is 4.20. The van der Waals surface area contributed by atoms with Crippen LogP contribution in [-0.4, -0.2) is 44.9 Å². The van der Waals surface area contributed by atoms with Crippen molar-refractivity contribution in [2.75, 3.05) is 19.6 Å². The molecule has 6 nitrogen and oxygen atoms in total. The quantitative estimate of drug-likeness (QED) is 0.686. The summed E-state index contributed by atoms with van der Waals surface area (Å²) < 4.78 is 27.5. The standard InChI is InChI=1S/C20H25N3O3S/c21-12-14-23(13-11-16-5-2-1-3-6-16)20(24)17-7-4-8-19(15-17)27(25,26)22-18-9-10-18/h1-8,15,18,22H,9-14,21H2. The maximum atomic E-state index is 12.9. The first-order valence-corrected chi connectivity index (χ1v) is 10.6. The zero-order valence-corrected chi connectivity index (χ0v) is 16.0. The first-order chi connectivity index (χ1) is 13.0. The van der Waals surface area contributed by atoms with Gasteiger partial charge in [0.15, 0.2) is 0 Å². The predicted octanol–water partition coefficient (Wildman–Crippen LogP) is 1.77. The van der Waals surface area contributed by atoms with Crippen LogP contribution < -0.4 is 10.5 Å². The van der Waals surface area contributed by atoms with Crippen LogP contribution in [0.2, 0.25) is 0 Å². The second-order valence-corrected chi connectivity index (χ2v) is 8.45. The van der Waals surface area contributed by atoms with Crippen molar-refractivity contribution in [1.29, 1.82) is 0 Å². The van der Waals surface area contributed by atoms with Gasteiger partial charge in [-0.25, -0.2) is 13.1 Å². The van der Waals surface area contributed by atoms with Gasteiger partial charge in [0, 0.05) is 31.2 Å². The average molecular weight is 388 g/mol. The molecule has 144 valence electrons. The minimum atomic E-state index is -3.59. The molecule has 1 saturated carbocycles. The molecule has 7 heteroatoms. The van der Waals surface area contributed by atoms with Crippen LogP contribution in [-0.2, 0) is 16.4 Å². The van der Waals surface area contributed by atoms with Crippen LogP contribution in [0.4, 0.5) is 0 Å². The molecule has 1 aliphatic rings. The number of hydrogen-bond donors (Lipinski definition) is 2. The van der Waals surface area contributed by atoms with Crippen LogP contribution in [0.15, 0.2) is 59.5 Å². The molecule has 2 aromatic carbocycles. The largest absolute Gasteiger partial charge is 0.337 e. The Kier molecular flexibility index (Phi) is 6.26. The van der Waals surface area contributed by atoms with Crippen molar-refractivity contribution in [3.63, 3.8) is 0 Å². The van der Waals surface area contributed by atoms with E-state index in [1.807, 2.05) is 30.3 Å². The molecular formula is C20H25N3O3S. The Morgan fingerprint density at radius 1 is 1.07 bits per heavy atom. The summed E-state index contributed by atoms with van der Waals surface area (Å²) in [6.45, 7) is 1.29. The highest BCUT2D eigenvalue weighted by molar-refractivity contribution is 7.89. The van der Waals surface area contributed by atoms with Gasteiger partial charge in [-0.15, -0.1) is 0 Å². The van der Waals surface area contributed by atoms with Crippen LogP contribution in [0, 0.1) is 0 Å². The zero-order chi connectivity index (χ0) is 19.3. The van der Waals surface area contributed by atoms with Gasteiger partial charge in [-0.05, 0) is 43.0 Å². The number of benzene rings is 2. The number of rotatable bonds is 9. The summed E-state index contributed by atoms with van der Waals surface area (Å²) in [5, 5.41) is 0. The van der Waals surface area contributed by atoms with E-state index in [1.165, 1.54) is 12.1 Å². The number of nitrogens with one attached hydrogen (secondary N) is 1. The molecule has 0 bridgehead atoms. The summed E-state index contributed by atoms with van der Waals surface area (Å²) in [5.41, 5.74) is 7.17. The summed E-state index contributed by atoms with van der Waals surface area (Å²) in [5.74, 6) is -0.208. The lowest BCUT2D eigenvalue weighted by atomic mass is 10.1. The van der Waals surface area contributed by atoms with Gasteiger partial charge < -0.3 is 10.6 Å². The lowest BCUT2D eigenvalue weighted by Crippen LogP contribution is -2.37. The molecule has 1 amide bonds. The van der Waals surface area contributed by atoms with Crippen molar-refractivity contribution in [2.45, 2.75) is 30.2 Å². The van der Waals surface area contributed by atoms with E-state index in [0.717, 1.165) is 18.4 Å². The van der Waals surface area contributed by atoms with E-state index < -0.39 is 10.0 Å². The van der Waals surface area contributed by atoms with Gasteiger partial charge in [-0.3, -0.25) is 4.79 Å². The van der Waals surface area contributed by atoms with Gasteiger partial charge in [0.1, 0.15) is 0 Å². The van der Waals surface area contributed by atoms with E-state index in [1.54, 1.807) is 17.0 Å². The number of sulfonamides is 1. The lowest BCUT2D eigenvalue weighted by Gasteiger charge is -2.22. The molecule has 3 rings (SSSR count). The van der Waals surface area contributed by atoms with Crippen LogP contribution in [0.5, 0.6) is 0 Å². The predicted molar refractivity (Wildman–Crippen MR) is 105 cm³/mol. The van der Waals surface area contributed by atoms with E-state index >= 15 is 0 Å². The van der Waals surface area contributed by atoms with Crippen molar-refractivity contribution in [3.8, 4) is 0 Å². The van der Waals surface area contributed by atoms with Crippen molar-refractivity contribution in [3.05, 3.63) is 65.7 Å². The molecule has 3 N–H and O–H groups in total. The monoisotopic (exact) mass is 387 g/mol. The Balaban J connectivity index is 1.74. The second-order valence-electron chi connectivity index (χ2n) is 6.74. The molecule has 27 heavy (non-hydrogen) atoms. The molecule has 0 spiro atoms. The highest BCUT2D eigenvalue weighted by Crippen LogP contribution is 2.22. The Morgan fingerprint density at radius 2 is 1.81 bits per heavy atom. The van der Waals surface area contributed by atoms with E-state index in [4.69, 9.17) is 5.73 Å².